The lowest BCUT2D eigenvalue weighted by molar-refractivity contribution is 0.319. The standard InChI is InChI=1S/C20H15BrCl2N2O/c21-17-8-6-15(7-9-17)20(10-11-24-26,14-4-2-1-3-5-14)16-12-18(22)25-19(23)13-16/h1-9,11-13,26H,10H2/b24-11+. The van der Waals surface area contributed by atoms with Crippen LogP contribution < -0.4 is 0 Å². The Balaban J connectivity index is 2.36. The summed E-state index contributed by atoms with van der Waals surface area (Å²) in [7, 11) is 0. The van der Waals surface area contributed by atoms with Crippen LogP contribution in [0.25, 0.3) is 0 Å². The van der Waals surface area contributed by atoms with Gasteiger partial charge in [0.1, 0.15) is 10.3 Å². The molecule has 1 N–H and O–H groups in total. The second-order valence-corrected chi connectivity index (χ2v) is 7.47. The predicted octanol–water partition coefficient (Wildman–Crippen LogP) is 6.34. The molecular weight excluding hydrogens is 435 g/mol. The van der Waals surface area contributed by atoms with Crippen molar-refractivity contribution in [2.45, 2.75) is 11.8 Å². The van der Waals surface area contributed by atoms with E-state index in [1.54, 1.807) is 12.1 Å². The zero-order chi connectivity index (χ0) is 18.6. The molecule has 3 rings (SSSR count). The molecule has 0 saturated heterocycles. The van der Waals surface area contributed by atoms with Gasteiger partial charge in [-0.05, 0) is 41.0 Å². The predicted molar refractivity (Wildman–Crippen MR) is 110 cm³/mol. The molecule has 0 amide bonds. The van der Waals surface area contributed by atoms with Gasteiger partial charge in [-0.3, -0.25) is 0 Å². The Labute approximate surface area is 170 Å². The molecule has 1 heterocycles. The zero-order valence-electron chi connectivity index (χ0n) is 13.6. The number of rotatable bonds is 5. The van der Waals surface area contributed by atoms with Crippen molar-refractivity contribution < 1.29 is 5.21 Å². The first-order chi connectivity index (χ1) is 12.6. The summed E-state index contributed by atoms with van der Waals surface area (Å²) in [4.78, 5) is 4.07. The van der Waals surface area contributed by atoms with Gasteiger partial charge in [0.05, 0.1) is 5.41 Å². The molecule has 132 valence electrons. The Morgan fingerprint density at radius 3 is 2.08 bits per heavy atom. The summed E-state index contributed by atoms with van der Waals surface area (Å²) in [6.07, 6.45) is 1.91. The molecule has 0 aliphatic rings. The summed E-state index contributed by atoms with van der Waals surface area (Å²) in [6, 6.07) is 21.6. The second-order valence-electron chi connectivity index (χ2n) is 5.78. The van der Waals surface area contributed by atoms with E-state index in [-0.39, 0.29) is 0 Å². The number of pyridine rings is 1. The summed E-state index contributed by atoms with van der Waals surface area (Å²) >= 11 is 15.9. The van der Waals surface area contributed by atoms with Gasteiger partial charge < -0.3 is 5.21 Å². The molecule has 0 saturated carbocycles. The topological polar surface area (TPSA) is 45.5 Å². The van der Waals surface area contributed by atoms with Crippen LogP contribution in [0.5, 0.6) is 0 Å². The summed E-state index contributed by atoms with van der Waals surface area (Å²) in [5, 5.41) is 13.0. The molecule has 2 aromatic carbocycles. The van der Waals surface area contributed by atoms with Gasteiger partial charge in [0.15, 0.2) is 0 Å². The van der Waals surface area contributed by atoms with Gasteiger partial charge in [0.25, 0.3) is 0 Å². The Bertz CT molecular complexity index is 897. The highest BCUT2D eigenvalue weighted by Crippen LogP contribution is 2.43. The Kier molecular flexibility index (Phi) is 5.97. The highest BCUT2D eigenvalue weighted by Gasteiger charge is 2.36. The summed E-state index contributed by atoms with van der Waals surface area (Å²) in [5.74, 6) is 0. The number of nitrogens with zero attached hydrogens (tertiary/aromatic N) is 2. The average molecular weight is 450 g/mol. The second kappa shape index (κ2) is 8.21. The number of hydrogen-bond donors (Lipinski definition) is 1. The molecule has 0 fully saturated rings. The third-order valence-electron chi connectivity index (χ3n) is 4.34. The van der Waals surface area contributed by atoms with Crippen LogP contribution in [0.15, 0.2) is 76.4 Å². The van der Waals surface area contributed by atoms with E-state index in [0.717, 1.165) is 21.2 Å². The molecule has 3 nitrogen and oxygen atoms in total. The van der Waals surface area contributed by atoms with E-state index < -0.39 is 5.41 Å². The average Bonchev–Trinajstić information content (AvgIpc) is 2.64. The smallest absolute Gasteiger partial charge is 0.131 e. The van der Waals surface area contributed by atoms with Crippen molar-refractivity contribution >= 4 is 45.3 Å². The first kappa shape index (κ1) is 18.9. The normalized spacial score (nSPS) is 13.7. The Morgan fingerprint density at radius 2 is 1.50 bits per heavy atom. The van der Waals surface area contributed by atoms with Crippen LogP contribution in [0.2, 0.25) is 10.3 Å². The van der Waals surface area contributed by atoms with Crippen LogP contribution in [0, 0.1) is 0 Å². The molecule has 26 heavy (non-hydrogen) atoms. The van der Waals surface area contributed by atoms with Gasteiger partial charge in [-0.15, -0.1) is 5.16 Å². The van der Waals surface area contributed by atoms with Crippen LogP contribution in [0.4, 0.5) is 0 Å². The van der Waals surface area contributed by atoms with Gasteiger partial charge in [-0.25, -0.2) is 4.98 Å². The summed E-state index contributed by atoms with van der Waals surface area (Å²) in [6.45, 7) is 0. The molecule has 1 aromatic heterocycles. The van der Waals surface area contributed by atoms with Crippen LogP contribution in [-0.4, -0.2) is 16.4 Å². The van der Waals surface area contributed by atoms with E-state index in [1.165, 1.54) is 6.21 Å². The molecule has 0 radical (unpaired) electrons. The Morgan fingerprint density at radius 1 is 0.923 bits per heavy atom. The van der Waals surface area contributed by atoms with Crippen LogP contribution in [0.1, 0.15) is 23.1 Å². The summed E-state index contributed by atoms with van der Waals surface area (Å²) in [5.41, 5.74) is 2.28. The SMILES string of the molecule is O/N=C/CC(c1ccccc1)(c1ccc(Br)cc1)c1cc(Cl)nc(Cl)c1. The van der Waals surface area contributed by atoms with Crippen molar-refractivity contribution in [1.29, 1.82) is 0 Å². The molecule has 6 heteroatoms. The lowest BCUT2D eigenvalue weighted by Crippen LogP contribution is -2.30. The number of oxime groups is 1. The van der Waals surface area contributed by atoms with Crippen molar-refractivity contribution in [3.8, 4) is 0 Å². The van der Waals surface area contributed by atoms with Gasteiger partial charge in [0.2, 0.25) is 0 Å². The minimum atomic E-state index is -0.635. The zero-order valence-corrected chi connectivity index (χ0v) is 16.7. The van der Waals surface area contributed by atoms with Crippen molar-refractivity contribution in [2.75, 3.05) is 0 Å². The molecule has 0 aliphatic carbocycles. The molecular formula is C20H15BrCl2N2O. The van der Waals surface area contributed by atoms with Crippen molar-refractivity contribution in [3.05, 3.63) is 98.2 Å². The monoisotopic (exact) mass is 448 g/mol. The maximum atomic E-state index is 9.12. The molecule has 1 atom stereocenters. The molecule has 0 spiro atoms. The first-order valence-corrected chi connectivity index (χ1v) is 9.42. The van der Waals surface area contributed by atoms with E-state index in [1.807, 2.05) is 54.6 Å². The van der Waals surface area contributed by atoms with Gasteiger partial charge >= 0.3 is 0 Å². The van der Waals surface area contributed by atoms with E-state index in [9.17, 15) is 0 Å². The number of halogens is 3. The highest BCUT2D eigenvalue weighted by molar-refractivity contribution is 9.10. The van der Waals surface area contributed by atoms with Crippen LogP contribution in [-0.2, 0) is 5.41 Å². The maximum absolute atomic E-state index is 9.12. The molecule has 0 aliphatic heterocycles. The van der Waals surface area contributed by atoms with Gasteiger partial charge in [0, 0.05) is 17.1 Å². The lowest BCUT2D eigenvalue weighted by Gasteiger charge is -2.35. The largest absolute Gasteiger partial charge is 0.411 e. The third kappa shape index (κ3) is 3.78. The van der Waals surface area contributed by atoms with E-state index in [4.69, 9.17) is 28.4 Å². The highest BCUT2D eigenvalue weighted by atomic mass is 79.9. The molecule has 3 aromatic rings. The van der Waals surface area contributed by atoms with Crippen LogP contribution in [0.3, 0.4) is 0 Å². The van der Waals surface area contributed by atoms with E-state index >= 15 is 0 Å². The maximum Gasteiger partial charge on any atom is 0.131 e. The minimum Gasteiger partial charge on any atom is -0.411 e. The van der Waals surface area contributed by atoms with Gasteiger partial charge in [-0.2, -0.15) is 0 Å². The third-order valence-corrected chi connectivity index (χ3v) is 5.25. The number of aromatic nitrogens is 1. The van der Waals surface area contributed by atoms with Crippen molar-refractivity contribution in [1.82, 2.24) is 4.98 Å². The fourth-order valence-corrected chi connectivity index (χ4v) is 3.92. The van der Waals surface area contributed by atoms with E-state index in [0.29, 0.717) is 16.7 Å². The number of benzene rings is 2. The van der Waals surface area contributed by atoms with E-state index in [2.05, 4.69) is 26.1 Å². The molecule has 0 bridgehead atoms. The molecule has 1 unspecified atom stereocenters. The summed E-state index contributed by atoms with van der Waals surface area (Å²) < 4.78 is 0.977. The fraction of sp³-hybridized carbons (Fsp3) is 0.100. The van der Waals surface area contributed by atoms with Gasteiger partial charge in [-0.1, -0.05) is 81.6 Å². The fourth-order valence-electron chi connectivity index (χ4n) is 3.20. The van der Waals surface area contributed by atoms with Crippen LogP contribution >= 0.6 is 39.1 Å². The Hall–Kier alpha value is -1.88. The minimum absolute atomic E-state index is 0.311. The lowest BCUT2D eigenvalue weighted by atomic mass is 9.68. The van der Waals surface area contributed by atoms with Crippen molar-refractivity contribution in [2.24, 2.45) is 5.16 Å². The number of hydrogen-bond acceptors (Lipinski definition) is 3. The van der Waals surface area contributed by atoms with Crippen molar-refractivity contribution in [3.63, 3.8) is 0 Å². The quantitative estimate of drug-likeness (QED) is 0.214. The first-order valence-electron chi connectivity index (χ1n) is 7.87.